The van der Waals surface area contributed by atoms with Crippen LogP contribution in [0.1, 0.15) is 60.3 Å². The molecule has 0 aromatic carbocycles. The minimum atomic E-state index is 0.319. The summed E-state index contributed by atoms with van der Waals surface area (Å²) in [7, 11) is 0. The molecule has 0 aliphatic heterocycles. The molecule has 2 aliphatic rings. The van der Waals surface area contributed by atoms with Crippen molar-refractivity contribution in [1.82, 2.24) is 4.57 Å². The zero-order valence-corrected chi connectivity index (χ0v) is 11.8. The van der Waals surface area contributed by atoms with E-state index in [0.717, 1.165) is 38.0 Å². The number of Topliss-reactive ketones (excluding diaryl/α,β-unsaturated/α-hetero) is 1. The van der Waals surface area contributed by atoms with E-state index in [2.05, 4.69) is 17.6 Å². The van der Waals surface area contributed by atoms with Crippen LogP contribution in [0.5, 0.6) is 0 Å². The number of aromatic nitrogens is 1. The Hall–Kier alpha value is -1.09. The van der Waals surface area contributed by atoms with Gasteiger partial charge in [-0.3, -0.25) is 4.79 Å². The maximum absolute atomic E-state index is 11.9. The van der Waals surface area contributed by atoms with Gasteiger partial charge in [0.25, 0.3) is 0 Å². The van der Waals surface area contributed by atoms with Gasteiger partial charge in [0.1, 0.15) is 0 Å². The smallest absolute Gasteiger partial charge is 0.164 e. The van der Waals surface area contributed by atoms with Crippen molar-refractivity contribution in [1.29, 1.82) is 0 Å². The Kier molecular flexibility index (Phi) is 3.74. The van der Waals surface area contributed by atoms with E-state index in [0.29, 0.717) is 11.9 Å². The average molecular weight is 261 g/mol. The van der Waals surface area contributed by atoms with E-state index < -0.39 is 0 Å². The maximum Gasteiger partial charge on any atom is 0.164 e. The molecule has 0 atom stereocenters. The third-order valence-electron chi connectivity index (χ3n) is 4.50. The Labute approximate surface area is 114 Å². The number of carbonyl (C=O) groups excluding carboxylic acids is 1. The molecule has 3 rings (SSSR count). The second kappa shape index (κ2) is 5.49. The standard InChI is InChI=1S/C16H23NO2/c1-12-11-14-15(7-4-8-16(14)18)17(12)9-10-19-13-5-2-3-6-13/h11,13H,2-10H2,1H3. The van der Waals surface area contributed by atoms with Gasteiger partial charge in [-0.1, -0.05) is 12.8 Å². The zero-order valence-electron chi connectivity index (χ0n) is 11.8. The number of nitrogens with zero attached hydrogens (tertiary/aromatic N) is 1. The van der Waals surface area contributed by atoms with Gasteiger partial charge in [0.15, 0.2) is 5.78 Å². The first-order chi connectivity index (χ1) is 9.25. The largest absolute Gasteiger partial charge is 0.376 e. The van der Waals surface area contributed by atoms with Crippen LogP contribution in [0.4, 0.5) is 0 Å². The van der Waals surface area contributed by atoms with Gasteiger partial charge >= 0.3 is 0 Å². The molecular formula is C16H23NO2. The molecule has 0 unspecified atom stereocenters. The first-order valence-electron chi connectivity index (χ1n) is 7.59. The molecule has 0 radical (unpaired) electrons. The number of fused-ring (bicyclic) bond motifs is 1. The predicted molar refractivity (Wildman–Crippen MR) is 74.6 cm³/mol. The third kappa shape index (κ3) is 2.62. The SMILES string of the molecule is Cc1cc2c(n1CCOC1CCCC1)CCCC2=O. The quantitative estimate of drug-likeness (QED) is 0.833. The molecule has 3 nitrogen and oxygen atoms in total. The highest BCUT2D eigenvalue weighted by Crippen LogP contribution is 2.25. The van der Waals surface area contributed by atoms with Crippen LogP contribution >= 0.6 is 0 Å². The second-order valence-electron chi connectivity index (χ2n) is 5.85. The van der Waals surface area contributed by atoms with Gasteiger partial charge in [0.05, 0.1) is 12.7 Å². The second-order valence-corrected chi connectivity index (χ2v) is 5.85. The lowest BCUT2D eigenvalue weighted by molar-refractivity contribution is 0.0523. The van der Waals surface area contributed by atoms with Crippen molar-refractivity contribution in [3.8, 4) is 0 Å². The van der Waals surface area contributed by atoms with Crippen molar-refractivity contribution >= 4 is 5.78 Å². The van der Waals surface area contributed by atoms with Crippen LogP contribution in [0.25, 0.3) is 0 Å². The van der Waals surface area contributed by atoms with E-state index in [1.165, 1.54) is 37.1 Å². The topological polar surface area (TPSA) is 31.2 Å². The van der Waals surface area contributed by atoms with Gasteiger partial charge in [0.2, 0.25) is 0 Å². The zero-order chi connectivity index (χ0) is 13.2. The van der Waals surface area contributed by atoms with Crippen molar-refractivity contribution in [2.45, 2.75) is 64.5 Å². The summed E-state index contributed by atoms with van der Waals surface area (Å²) >= 11 is 0. The summed E-state index contributed by atoms with van der Waals surface area (Å²) in [4.78, 5) is 11.9. The Balaban J connectivity index is 1.65. The van der Waals surface area contributed by atoms with Crippen LogP contribution in [-0.2, 0) is 17.7 Å². The van der Waals surface area contributed by atoms with Crippen molar-refractivity contribution < 1.29 is 9.53 Å². The number of ketones is 1. The van der Waals surface area contributed by atoms with Gasteiger partial charge in [0, 0.05) is 29.9 Å². The molecule has 3 heteroatoms. The number of aryl methyl sites for hydroxylation is 1. The minimum absolute atomic E-state index is 0.319. The molecule has 0 spiro atoms. The summed E-state index contributed by atoms with van der Waals surface area (Å²) in [5.41, 5.74) is 3.41. The molecule has 1 fully saturated rings. The third-order valence-corrected chi connectivity index (χ3v) is 4.50. The number of rotatable bonds is 4. The Morgan fingerprint density at radius 2 is 2.05 bits per heavy atom. The van der Waals surface area contributed by atoms with Crippen LogP contribution in [0.2, 0.25) is 0 Å². The molecule has 1 aromatic rings. The van der Waals surface area contributed by atoms with Gasteiger partial charge in [-0.25, -0.2) is 0 Å². The summed E-state index contributed by atoms with van der Waals surface area (Å²) in [6, 6.07) is 2.06. The van der Waals surface area contributed by atoms with Gasteiger partial charge in [-0.05, 0) is 38.7 Å². The average Bonchev–Trinajstić information content (AvgIpc) is 3.00. The van der Waals surface area contributed by atoms with Crippen LogP contribution in [-0.4, -0.2) is 23.1 Å². The number of hydrogen-bond acceptors (Lipinski definition) is 2. The summed E-state index contributed by atoms with van der Waals surface area (Å²) in [6.45, 7) is 3.77. The molecule has 1 aromatic heterocycles. The molecule has 0 amide bonds. The van der Waals surface area contributed by atoms with E-state index >= 15 is 0 Å². The monoisotopic (exact) mass is 261 g/mol. The summed E-state index contributed by atoms with van der Waals surface area (Å²) < 4.78 is 8.24. The summed E-state index contributed by atoms with van der Waals surface area (Å²) in [6.07, 6.45) is 8.32. The highest BCUT2D eigenvalue weighted by atomic mass is 16.5. The van der Waals surface area contributed by atoms with Crippen LogP contribution < -0.4 is 0 Å². The lowest BCUT2D eigenvalue weighted by Gasteiger charge is -2.17. The molecule has 19 heavy (non-hydrogen) atoms. The molecule has 104 valence electrons. The molecule has 0 saturated heterocycles. The van der Waals surface area contributed by atoms with Crippen molar-refractivity contribution in [2.75, 3.05) is 6.61 Å². The lowest BCUT2D eigenvalue weighted by atomic mass is 9.97. The predicted octanol–water partition coefficient (Wildman–Crippen LogP) is 3.27. The Bertz CT molecular complexity index is 469. The minimum Gasteiger partial charge on any atom is -0.376 e. The van der Waals surface area contributed by atoms with Crippen LogP contribution in [0.15, 0.2) is 6.07 Å². The van der Waals surface area contributed by atoms with E-state index in [1.807, 2.05) is 0 Å². The highest BCUT2D eigenvalue weighted by molar-refractivity contribution is 5.98. The molecule has 1 saturated carbocycles. The highest BCUT2D eigenvalue weighted by Gasteiger charge is 2.22. The summed E-state index contributed by atoms with van der Waals surface area (Å²) in [5, 5.41) is 0. The van der Waals surface area contributed by atoms with Crippen molar-refractivity contribution in [2.24, 2.45) is 0 Å². The van der Waals surface area contributed by atoms with Crippen molar-refractivity contribution in [3.63, 3.8) is 0 Å². The number of carbonyl (C=O) groups is 1. The first-order valence-corrected chi connectivity index (χ1v) is 7.59. The van der Waals surface area contributed by atoms with E-state index in [1.54, 1.807) is 0 Å². The van der Waals surface area contributed by atoms with E-state index in [4.69, 9.17) is 4.74 Å². The fraction of sp³-hybridized carbons (Fsp3) is 0.688. The molecule has 1 heterocycles. The number of hydrogen-bond donors (Lipinski definition) is 0. The molecule has 0 N–H and O–H groups in total. The summed E-state index contributed by atoms with van der Waals surface area (Å²) in [5.74, 6) is 0.319. The maximum atomic E-state index is 11.9. The van der Waals surface area contributed by atoms with E-state index in [9.17, 15) is 4.79 Å². The first kappa shape index (κ1) is 12.9. The Morgan fingerprint density at radius 1 is 1.26 bits per heavy atom. The van der Waals surface area contributed by atoms with Crippen LogP contribution in [0.3, 0.4) is 0 Å². The lowest BCUT2D eigenvalue weighted by Crippen LogP contribution is -2.18. The van der Waals surface area contributed by atoms with Gasteiger partial charge < -0.3 is 9.30 Å². The fourth-order valence-electron chi connectivity index (χ4n) is 3.47. The molecule has 2 aliphatic carbocycles. The normalized spacial score (nSPS) is 19.9. The van der Waals surface area contributed by atoms with E-state index in [-0.39, 0.29) is 0 Å². The van der Waals surface area contributed by atoms with Crippen LogP contribution in [0, 0.1) is 6.92 Å². The van der Waals surface area contributed by atoms with Gasteiger partial charge in [-0.2, -0.15) is 0 Å². The number of ether oxygens (including phenoxy) is 1. The Morgan fingerprint density at radius 3 is 2.84 bits per heavy atom. The molecular weight excluding hydrogens is 238 g/mol. The molecule has 0 bridgehead atoms. The van der Waals surface area contributed by atoms with Gasteiger partial charge in [-0.15, -0.1) is 0 Å². The fourth-order valence-corrected chi connectivity index (χ4v) is 3.47. The van der Waals surface area contributed by atoms with Crippen molar-refractivity contribution in [3.05, 3.63) is 23.0 Å².